The molecule has 10 heteroatoms. The SMILES string of the molecule is Cc1nnccc1NC(=O)c1cc2ccc(-c3nccc(Nc4ccc5[nH]ncc5c4)n3)cc2[nH]1. The van der Waals surface area contributed by atoms with Crippen LogP contribution in [0.5, 0.6) is 0 Å². The molecule has 0 radical (unpaired) electrons. The van der Waals surface area contributed by atoms with Crippen LogP contribution in [0.3, 0.4) is 0 Å². The molecule has 2 aromatic carbocycles. The van der Waals surface area contributed by atoms with Crippen molar-refractivity contribution in [1.29, 1.82) is 0 Å². The van der Waals surface area contributed by atoms with Crippen molar-refractivity contribution in [3.63, 3.8) is 0 Å². The minimum Gasteiger partial charge on any atom is -0.350 e. The predicted molar refractivity (Wildman–Crippen MR) is 133 cm³/mol. The second-order valence-electron chi connectivity index (χ2n) is 8.03. The van der Waals surface area contributed by atoms with Gasteiger partial charge >= 0.3 is 0 Å². The minimum atomic E-state index is -0.254. The number of hydrogen-bond donors (Lipinski definition) is 4. The van der Waals surface area contributed by atoms with Crippen LogP contribution in [-0.2, 0) is 0 Å². The molecule has 4 aromatic heterocycles. The molecular formula is C25H19N9O. The summed E-state index contributed by atoms with van der Waals surface area (Å²) in [5, 5.41) is 22.9. The van der Waals surface area contributed by atoms with E-state index in [1.807, 2.05) is 48.5 Å². The van der Waals surface area contributed by atoms with Gasteiger partial charge in [0, 0.05) is 33.7 Å². The Balaban J connectivity index is 1.25. The Hall–Kier alpha value is -5.12. The van der Waals surface area contributed by atoms with Crippen molar-refractivity contribution in [2.45, 2.75) is 6.92 Å². The number of aromatic nitrogens is 7. The van der Waals surface area contributed by atoms with Crippen molar-refractivity contribution in [3.8, 4) is 11.4 Å². The van der Waals surface area contributed by atoms with Crippen molar-refractivity contribution in [3.05, 3.63) is 84.6 Å². The van der Waals surface area contributed by atoms with Crippen molar-refractivity contribution >= 4 is 44.9 Å². The summed E-state index contributed by atoms with van der Waals surface area (Å²) < 4.78 is 0. The third-order valence-electron chi connectivity index (χ3n) is 5.65. The Morgan fingerprint density at radius 2 is 1.89 bits per heavy atom. The fourth-order valence-electron chi connectivity index (χ4n) is 3.85. The maximum absolute atomic E-state index is 12.7. The summed E-state index contributed by atoms with van der Waals surface area (Å²) in [6, 6.07) is 17.1. The van der Waals surface area contributed by atoms with Gasteiger partial charge in [-0.05, 0) is 49.4 Å². The average molecular weight is 461 g/mol. The topological polar surface area (TPSA) is 137 Å². The highest BCUT2D eigenvalue weighted by Gasteiger charge is 2.13. The Morgan fingerprint density at radius 1 is 0.943 bits per heavy atom. The van der Waals surface area contributed by atoms with Crippen LogP contribution in [0, 0.1) is 6.92 Å². The largest absolute Gasteiger partial charge is 0.350 e. The number of fused-ring (bicyclic) bond motifs is 2. The van der Waals surface area contributed by atoms with E-state index in [4.69, 9.17) is 0 Å². The number of aryl methyl sites for hydroxylation is 1. The Kier molecular flexibility index (Phi) is 4.88. The summed E-state index contributed by atoms with van der Waals surface area (Å²) in [7, 11) is 0. The monoisotopic (exact) mass is 461 g/mol. The highest BCUT2D eigenvalue weighted by molar-refractivity contribution is 6.06. The number of carbonyl (C=O) groups is 1. The molecular weight excluding hydrogens is 442 g/mol. The highest BCUT2D eigenvalue weighted by Crippen LogP contribution is 2.25. The molecule has 0 bridgehead atoms. The number of aromatic amines is 2. The highest BCUT2D eigenvalue weighted by atomic mass is 16.1. The van der Waals surface area contributed by atoms with Crippen LogP contribution in [0.15, 0.2) is 73.2 Å². The number of anilines is 3. The van der Waals surface area contributed by atoms with Crippen molar-refractivity contribution < 1.29 is 4.79 Å². The molecule has 6 aromatic rings. The Morgan fingerprint density at radius 3 is 2.80 bits per heavy atom. The Labute approximate surface area is 198 Å². The summed E-state index contributed by atoms with van der Waals surface area (Å²) in [6.45, 7) is 1.79. The van der Waals surface area contributed by atoms with E-state index in [0.29, 0.717) is 28.7 Å². The third-order valence-corrected chi connectivity index (χ3v) is 5.65. The molecule has 6 rings (SSSR count). The fourth-order valence-corrected chi connectivity index (χ4v) is 3.85. The van der Waals surface area contributed by atoms with Gasteiger partial charge in [-0.25, -0.2) is 9.97 Å². The lowest BCUT2D eigenvalue weighted by molar-refractivity contribution is 0.102. The second kappa shape index (κ2) is 8.34. The number of hydrogen-bond acceptors (Lipinski definition) is 7. The molecule has 0 aliphatic heterocycles. The van der Waals surface area contributed by atoms with Crippen LogP contribution in [0.4, 0.5) is 17.2 Å². The zero-order valence-electron chi connectivity index (χ0n) is 18.6. The number of nitrogens with one attached hydrogen (secondary N) is 4. The predicted octanol–water partition coefficient (Wildman–Crippen LogP) is 4.60. The lowest BCUT2D eigenvalue weighted by atomic mass is 10.1. The number of nitrogens with zero attached hydrogens (tertiary/aromatic N) is 5. The van der Waals surface area contributed by atoms with Gasteiger partial charge in [0.1, 0.15) is 11.5 Å². The first kappa shape index (κ1) is 20.5. The number of benzene rings is 2. The molecule has 35 heavy (non-hydrogen) atoms. The van der Waals surface area contributed by atoms with Gasteiger partial charge in [0.25, 0.3) is 5.91 Å². The van der Waals surface area contributed by atoms with Gasteiger partial charge in [-0.3, -0.25) is 9.89 Å². The van der Waals surface area contributed by atoms with E-state index in [1.165, 1.54) is 0 Å². The summed E-state index contributed by atoms with van der Waals surface area (Å²) in [6.07, 6.45) is 5.03. The van der Waals surface area contributed by atoms with Gasteiger partial charge in [0.15, 0.2) is 5.82 Å². The molecule has 4 heterocycles. The molecule has 0 unspecified atom stereocenters. The van der Waals surface area contributed by atoms with E-state index in [2.05, 4.69) is 46.0 Å². The molecule has 0 aliphatic rings. The first-order valence-electron chi connectivity index (χ1n) is 10.9. The van der Waals surface area contributed by atoms with E-state index in [-0.39, 0.29) is 5.91 Å². The van der Waals surface area contributed by atoms with Crippen LogP contribution in [-0.4, -0.2) is 41.3 Å². The molecule has 0 saturated carbocycles. The molecule has 0 aliphatic carbocycles. The lowest BCUT2D eigenvalue weighted by Gasteiger charge is -2.07. The standard InChI is InChI=1S/C25H19N9O/c1-14-19(6-9-27-33-14)31-25(35)22-11-15-2-3-16(12-21(15)30-22)24-26-8-7-23(32-24)29-18-4-5-20-17(10-18)13-28-34-20/h2-13,30H,1H3,(H,28,34)(H,26,29,32)(H,27,31,35). The number of rotatable bonds is 5. The quantitative estimate of drug-likeness (QED) is 0.294. The van der Waals surface area contributed by atoms with Gasteiger partial charge in [0.05, 0.1) is 29.3 Å². The summed E-state index contributed by atoms with van der Waals surface area (Å²) in [5.74, 6) is 0.988. The molecule has 10 nitrogen and oxygen atoms in total. The van der Waals surface area contributed by atoms with Crippen LogP contribution in [0.2, 0.25) is 0 Å². The smallest absolute Gasteiger partial charge is 0.272 e. The van der Waals surface area contributed by atoms with E-state index >= 15 is 0 Å². The van der Waals surface area contributed by atoms with Crippen molar-refractivity contribution in [2.24, 2.45) is 0 Å². The third kappa shape index (κ3) is 4.04. The number of H-pyrrole nitrogens is 2. The normalized spacial score (nSPS) is 11.1. The summed E-state index contributed by atoms with van der Waals surface area (Å²) in [4.78, 5) is 25.0. The van der Waals surface area contributed by atoms with E-state index in [0.717, 1.165) is 33.1 Å². The maximum atomic E-state index is 12.7. The van der Waals surface area contributed by atoms with E-state index in [1.54, 1.807) is 31.6 Å². The van der Waals surface area contributed by atoms with E-state index in [9.17, 15) is 4.79 Å². The molecule has 0 fully saturated rings. The van der Waals surface area contributed by atoms with Crippen LogP contribution >= 0.6 is 0 Å². The van der Waals surface area contributed by atoms with E-state index < -0.39 is 0 Å². The van der Waals surface area contributed by atoms with Gasteiger partial charge in [-0.2, -0.15) is 15.3 Å². The molecule has 0 atom stereocenters. The zero-order chi connectivity index (χ0) is 23.8. The first-order chi connectivity index (χ1) is 17.1. The van der Waals surface area contributed by atoms with Crippen LogP contribution < -0.4 is 10.6 Å². The number of amides is 1. The zero-order valence-corrected chi connectivity index (χ0v) is 18.6. The number of carbonyl (C=O) groups excluding carboxylic acids is 1. The Bertz CT molecular complexity index is 1700. The molecule has 1 amide bonds. The van der Waals surface area contributed by atoms with Crippen molar-refractivity contribution in [2.75, 3.05) is 10.6 Å². The summed E-state index contributed by atoms with van der Waals surface area (Å²) >= 11 is 0. The first-order valence-corrected chi connectivity index (χ1v) is 10.9. The van der Waals surface area contributed by atoms with Crippen molar-refractivity contribution in [1.82, 2.24) is 35.3 Å². The van der Waals surface area contributed by atoms with Crippen LogP contribution in [0.1, 0.15) is 16.2 Å². The van der Waals surface area contributed by atoms with Gasteiger partial charge in [0.2, 0.25) is 0 Å². The second-order valence-corrected chi connectivity index (χ2v) is 8.03. The maximum Gasteiger partial charge on any atom is 0.272 e. The molecule has 170 valence electrons. The van der Waals surface area contributed by atoms with Crippen LogP contribution in [0.25, 0.3) is 33.2 Å². The lowest BCUT2D eigenvalue weighted by Crippen LogP contribution is -2.13. The molecule has 0 spiro atoms. The van der Waals surface area contributed by atoms with Gasteiger partial charge in [-0.1, -0.05) is 12.1 Å². The summed E-state index contributed by atoms with van der Waals surface area (Å²) in [5.41, 5.74) is 5.22. The average Bonchev–Trinajstić information content (AvgIpc) is 3.52. The van der Waals surface area contributed by atoms with Gasteiger partial charge in [-0.15, -0.1) is 0 Å². The fraction of sp³-hybridized carbons (Fsp3) is 0.0400. The van der Waals surface area contributed by atoms with Gasteiger partial charge < -0.3 is 15.6 Å². The molecule has 4 N–H and O–H groups in total. The minimum absolute atomic E-state index is 0.254. The molecule has 0 saturated heterocycles.